The van der Waals surface area contributed by atoms with Crippen molar-refractivity contribution in [2.45, 2.75) is 51.6 Å². The standard InChI is InChI=1S/C21H28N6O7/c1-7-20(3,17(32)22-5)26-11-9(13(28)15(11)30)24-18(33)21(4,8-2)27-12-10(14(29)16(12)31)25-19(34)23-6/h26-27H,7-8H2,1-6H3,(H,22,32)(H,24,33)(H2,23,25,34). The molecule has 0 fully saturated rings. The first-order valence-corrected chi connectivity index (χ1v) is 10.6. The van der Waals surface area contributed by atoms with E-state index in [-0.39, 0.29) is 35.6 Å². The molecule has 184 valence electrons. The Morgan fingerprint density at radius 3 is 1.38 bits per heavy atom. The van der Waals surface area contributed by atoms with Gasteiger partial charge in [0.1, 0.15) is 33.8 Å². The first-order chi connectivity index (χ1) is 15.8. The van der Waals surface area contributed by atoms with Crippen LogP contribution in [0.3, 0.4) is 0 Å². The van der Waals surface area contributed by atoms with E-state index in [0.29, 0.717) is 0 Å². The molecule has 0 aliphatic rings. The van der Waals surface area contributed by atoms with Gasteiger partial charge in [-0.1, -0.05) is 13.8 Å². The minimum atomic E-state index is -1.51. The van der Waals surface area contributed by atoms with Gasteiger partial charge in [-0.25, -0.2) is 4.79 Å². The Morgan fingerprint density at radius 1 is 0.618 bits per heavy atom. The van der Waals surface area contributed by atoms with Crippen LogP contribution in [0, 0.1) is 0 Å². The Labute approximate surface area is 194 Å². The van der Waals surface area contributed by atoms with E-state index in [1.54, 1.807) is 20.8 Å². The summed E-state index contributed by atoms with van der Waals surface area (Å²) >= 11 is 0. The highest BCUT2D eigenvalue weighted by atomic mass is 16.2. The Morgan fingerprint density at radius 2 is 1.00 bits per heavy atom. The van der Waals surface area contributed by atoms with E-state index in [4.69, 9.17) is 0 Å². The average Bonchev–Trinajstić information content (AvgIpc) is 2.85. The maximum atomic E-state index is 13.1. The van der Waals surface area contributed by atoms with Gasteiger partial charge in [-0.15, -0.1) is 0 Å². The van der Waals surface area contributed by atoms with Crippen molar-refractivity contribution < 1.29 is 14.4 Å². The highest BCUT2D eigenvalue weighted by Gasteiger charge is 2.39. The molecular formula is C21H28N6O7. The molecule has 2 rings (SSSR count). The van der Waals surface area contributed by atoms with E-state index < -0.39 is 50.6 Å². The fourth-order valence-electron chi connectivity index (χ4n) is 3.13. The summed E-state index contributed by atoms with van der Waals surface area (Å²) in [7, 11) is 2.75. The molecule has 6 N–H and O–H groups in total. The largest absolute Gasteiger partial charge is 0.366 e. The molecule has 0 aliphatic heterocycles. The third kappa shape index (κ3) is 4.40. The van der Waals surface area contributed by atoms with Crippen molar-refractivity contribution in [2.24, 2.45) is 0 Å². The van der Waals surface area contributed by atoms with Gasteiger partial charge in [0.2, 0.25) is 11.8 Å². The van der Waals surface area contributed by atoms with Crippen molar-refractivity contribution in [1.82, 2.24) is 10.6 Å². The molecule has 0 radical (unpaired) electrons. The molecule has 0 heterocycles. The number of hydrogen-bond acceptors (Lipinski definition) is 9. The number of anilines is 4. The molecule has 4 amide bonds. The van der Waals surface area contributed by atoms with E-state index in [0.717, 1.165) is 0 Å². The lowest BCUT2D eigenvalue weighted by Crippen LogP contribution is -2.54. The smallest absolute Gasteiger partial charge is 0.319 e. The summed E-state index contributed by atoms with van der Waals surface area (Å²) in [5.41, 5.74) is -7.46. The first-order valence-electron chi connectivity index (χ1n) is 10.6. The summed E-state index contributed by atoms with van der Waals surface area (Å²) in [6.07, 6.45) is 0.374. The average molecular weight is 476 g/mol. The van der Waals surface area contributed by atoms with Crippen LogP contribution in [0.25, 0.3) is 0 Å². The quantitative estimate of drug-likeness (QED) is 0.238. The van der Waals surface area contributed by atoms with Crippen molar-refractivity contribution >= 4 is 40.6 Å². The SMILES string of the molecule is CCC(C)(Nc1c(NC(=O)NC)c(=O)c1=O)C(=O)Nc1c(NC(C)(CC)C(=O)NC)c(=O)c1=O. The van der Waals surface area contributed by atoms with E-state index in [1.807, 2.05) is 0 Å². The Balaban J connectivity index is 2.32. The van der Waals surface area contributed by atoms with Gasteiger partial charge in [-0.05, 0) is 26.7 Å². The van der Waals surface area contributed by atoms with Gasteiger partial charge in [-0.3, -0.25) is 28.8 Å². The van der Waals surface area contributed by atoms with Crippen LogP contribution in [-0.4, -0.2) is 43.0 Å². The van der Waals surface area contributed by atoms with Crippen molar-refractivity contribution in [2.75, 3.05) is 35.4 Å². The number of carbonyl (C=O) groups excluding carboxylic acids is 3. The van der Waals surface area contributed by atoms with Gasteiger partial charge in [-0.2, -0.15) is 0 Å². The molecule has 13 heteroatoms. The number of likely N-dealkylation sites (N-methyl/N-ethyl adjacent to an activating group) is 1. The van der Waals surface area contributed by atoms with E-state index in [9.17, 15) is 33.6 Å². The van der Waals surface area contributed by atoms with Crippen LogP contribution < -0.4 is 53.6 Å². The minimum Gasteiger partial charge on any atom is -0.366 e. The zero-order valence-corrected chi connectivity index (χ0v) is 19.8. The highest BCUT2D eigenvalue weighted by Crippen LogP contribution is 2.26. The summed E-state index contributed by atoms with van der Waals surface area (Å²) in [5.74, 6) is -1.20. The Hall–Kier alpha value is -4.03. The minimum absolute atomic E-state index is 0.0974. The van der Waals surface area contributed by atoms with Gasteiger partial charge in [0.05, 0.1) is 0 Å². The highest BCUT2D eigenvalue weighted by molar-refractivity contribution is 6.04. The van der Waals surface area contributed by atoms with Crippen LogP contribution in [0.2, 0.25) is 0 Å². The molecule has 2 aromatic rings. The number of urea groups is 1. The molecular weight excluding hydrogens is 448 g/mol. The lowest BCUT2D eigenvalue weighted by Gasteiger charge is -2.32. The predicted octanol–water partition coefficient (Wildman–Crippen LogP) is -0.824. The van der Waals surface area contributed by atoms with Crippen LogP contribution in [0.1, 0.15) is 40.5 Å². The van der Waals surface area contributed by atoms with Crippen LogP contribution in [0.4, 0.5) is 27.5 Å². The molecule has 13 nitrogen and oxygen atoms in total. The number of rotatable bonds is 10. The fourth-order valence-corrected chi connectivity index (χ4v) is 3.13. The normalized spacial score (nSPS) is 14.5. The Kier molecular flexibility index (Phi) is 7.29. The van der Waals surface area contributed by atoms with E-state index in [2.05, 4.69) is 31.9 Å². The molecule has 2 atom stereocenters. The van der Waals surface area contributed by atoms with E-state index >= 15 is 0 Å². The predicted molar refractivity (Wildman–Crippen MR) is 128 cm³/mol. The first kappa shape index (κ1) is 26.2. The number of amides is 4. The third-order valence-corrected chi connectivity index (χ3v) is 5.97. The molecule has 34 heavy (non-hydrogen) atoms. The molecule has 0 saturated carbocycles. The van der Waals surface area contributed by atoms with Crippen molar-refractivity contribution in [3.63, 3.8) is 0 Å². The lowest BCUT2D eigenvalue weighted by atomic mass is 9.94. The van der Waals surface area contributed by atoms with Crippen molar-refractivity contribution in [1.29, 1.82) is 0 Å². The molecule has 2 aromatic carbocycles. The third-order valence-electron chi connectivity index (χ3n) is 5.97. The number of hydrogen-bond donors (Lipinski definition) is 6. The van der Waals surface area contributed by atoms with Gasteiger partial charge in [0, 0.05) is 14.1 Å². The van der Waals surface area contributed by atoms with Gasteiger partial charge >= 0.3 is 6.03 Å². The number of nitrogens with one attached hydrogen (secondary N) is 6. The molecule has 0 aromatic heterocycles. The van der Waals surface area contributed by atoms with Crippen LogP contribution >= 0.6 is 0 Å². The van der Waals surface area contributed by atoms with Crippen LogP contribution in [-0.2, 0) is 9.59 Å². The summed E-state index contributed by atoms with van der Waals surface area (Å²) < 4.78 is 0. The molecule has 0 spiro atoms. The van der Waals surface area contributed by atoms with Crippen LogP contribution in [0.15, 0.2) is 19.2 Å². The summed E-state index contributed by atoms with van der Waals surface area (Å²) in [4.78, 5) is 85.1. The van der Waals surface area contributed by atoms with Crippen molar-refractivity contribution in [3.8, 4) is 0 Å². The summed E-state index contributed by atoms with van der Waals surface area (Å²) in [6.45, 7) is 6.28. The fraction of sp³-hybridized carbons (Fsp3) is 0.476. The van der Waals surface area contributed by atoms with Gasteiger partial charge < -0.3 is 31.9 Å². The van der Waals surface area contributed by atoms with E-state index in [1.165, 1.54) is 21.0 Å². The summed E-state index contributed by atoms with van der Waals surface area (Å²) in [5, 5.41) is 14.7. The monoisotopic (exact) mass is 476 g/mol. The zero-order chi connectivity index (χ0) is 26.0. The lowest BCUT2D eigenvalue weighted by molar-refractivity contribution is -0.124. The topological polar surface area (TPSA) is 192 Å². The van der Waals surface area contributed by atoms with Gasteiger partial charge in [0.15, 0.2) is 0 Å². The second kappa shape index (κ2) is 9.45. The van der Waals surface area contributed by atoms with Crippen LogP contribution in [0.5, 0.6) is 0 Å². The summed E-state index contributed by atoms with van der Waals surface area (Å²) in [6, 6.07) is -0.729. The van der Waals surface area contributed by atoms with Gasteiger partial charge in [0.25, 0.3) is 21.7 Å². The molecule has 0 bridgehead atoms. The number of carbonyl (C=O) groups is 3. The second-order valence-electron chi connectivity index (χ2n) is 8.18. The molecule has 2 unspecified atom stereocenters. The second-order valence-corrected chi connectivity index (χ2v) is 8.18. The maximum absolute atomic E-state index is 13.1. The molecule has 0 aliphatic carbocycles. The molecule has 0 saturated heterocycles. The zero-order valence-electron chi connectivity index (χ0n) is 19.8. The van der Waals surface area contributed by atoms with Crippen molar-refractivity contribution in [3.05, 3.63) is 40.9 Å². The Bertz CT molecular complexity index is 1280. The maximum Gasteiger partial charge on any atom is 0.319 e.